The molecule has 6 N–H and O–H groups in total. The van der Waals surface area contributed by atoms with Gasteiger partial charge in [0.25, 0.3) is 5.91 Å². The van der Waals surface area contributed by atoms with Crippen LogP contribution in [0.2, 0.25) is 0 Å². The normalized spacial score (nSPS) is 9.95. The van der Waals surface area contributed by atoms with E-state index in [9.17, 15) is 14.4 Å². The lowest BCUT2D eigenvalue weighted by molar-refractivity contribution is -0.121. The minimum atomic E-state index is -0.734. The van der Waals surface area contributed by atoms with Gasteiger partial charge in [-0.25, -0.2) is 0 Å². The highest BCUT2D eigenvalue weighted by Crippen LogP contribution is 2.18. The summed E-state index contributed by atoms with van der Waals surface area (Å²) in [5.74, 6) is -2.02. The van der Waals surface area contributed by atoms with E-state index in [0.717, 1.165) is 4.90 Å². The molecular weight excluding hydrogens is 248 g/mol. The van der Waals surface area contributed by atoms with E-state index in [1.807, 2.05) is 0 Å². The summed E-state index contributed by atoms with van der Waals surface area (Å²) in [6.45, 7) is 0.918. The molecule has 0 aliphatic rings. The van der Waals surface area contributed by atoms with Crippen LogP contribution in [0.1, 0.15) is 15.9 Å². The Bertz CT molecular complexity index is 491. The van der Waals surface area contributed by atoms with Gasteiger partial charge in [-0.2, -0.15) is 0 Å². The highest BCUT2D eigenvalue weighted by Gasteiger charge is 2.22. The Kier molecular flexibility index (Phi) is 4.46. The topological polar surface area (TPSA) is 133 Å². The lowest BCUT2D eigenvalue weighted by Crippen LogP contribution is -2.43. The van der Waals surface area contributed by atoms with Crippen molar-refractivity contribution in [2.45, 2.75) is 6.92 Å². The fraction of sp³-hybridized carbons (Fsp3) is 0.250. The first-order chi connectivity index (χ1) is 8.82. The van der Waals surface area contributed by atoms with E-state index < -0.39 is 30.8 Å². The highest BCUT2D eigenvalue weighted by molar-refractivity contribution is 6.03. The average molecular weight is 264 g/mol. The number of nitrogens with zero attached hydrogens (tertiary/aromatic N) is 1. The number of hydrogen-bond acceptors (Lipinski definition) is 4. The number of anilines is 1. The van der Waals surface area contributed by atoms with Gasteiger partial charge in [-0.05, 0) is 18.6 Å². The first-order valence-corrected chi connectivity index (χ1v) is 5.54. The number of rotatable bonds is 5. The van der Waals surface area contributed by atoms with Gasteiger partial charge in [0, 0.05) is 5.69 Å². The SMILES string of the molecule is Cc1cccc(N)c1C(=O)N(CC(N)=O)CC(N)=O. The van der Waals surface area contributed by atoms with E-state index in [1.165, 1.54) is 0 Å². The predicted octanol–water partition coefficient (Wildman–Crippen LogP) is -1.01. The zero-order valence-electron chi connectivity index (χ0n) is 10.6. The molecule has 0 aliphatic heterocycles. The van der Waals surface area contributed by atoms with Crippen molar-refractivity contribution in [3.63, 3.8) is 0 Å². The molecule has 0 saturated heterocycles. The van der Waals surface area contributed by atoms with Crippen LogP contribution in [0.15, 0.2) is 18.2 Å². The van der Waals surface area contributed by atoms with E-state index >= 15 is 0 Å². The number of nitrogen functional groups attached to an aromatic ring is 1. The maximum Gasteiger partial charge on any atom is 0.257 e. The fourth-order valence-corrected chi connectivity index (χ4v) is 1.72. The molecule has 0 bridgehead atoms. The van der Waals surface area contributed by atoms with Crippen LogP contribution in [0.5, 0.6) is 0 Å². The molecule has 1 aromatic rings. The number of hydrogen-bond donors (Lipinski definition) is 3. The van der Waals surface area contributed by atoms with Gasteiger partial charge in [0.05, 0.1) is 5.56 Å². The lowest BCUT2D eigenvalue weighted by atomic mass is 10.1. The summed E-state index contributed by atoms with van der Waals surface area (Å²) in [7, 11) is 0. The standard InChI is InChI=1S/C12H16N4O3/c1-7-3-2-4-8(13)11(7)12(19)16(5-9(14)17)6-10(15)18/h2-4H,5-6,13H2,1H3,(H2,14,17)(H2,15,18). The first kappa shape index (κ1) is 14.5. The maximum absolute atomic E-state index is 12.3. The van der Waals surface area contributed by atoms with Gasteiger partial charge in [-0.3, -0.25) is 14.4 Å². The van der Waals surface area contributed by atoms with E-state index in [1.54, 1.807) is 25.1 Å². The number of carbonyl (C=O) groups excluding carboxylic acids is 3. The van der Waals surface area contributed by atoms with E-state index in [0.29, 0.717) is 5.56 Å². The molecule has 0 radical (unpaired) electrons. The maximum atomic E-state index is 12.3. The van der Waals surface area contributed by atoms with Gasteiger partial charge < -0.3 is 22.1 Å². The minimum absolute atomic E-state index is 0.241. The predicted molar refractivity (Wildman–Crippen MR) is 69.9 cm³/mol. The molecule has 7 nitrogen and oxygen atoms in total. The molecule has 0 saturated carbocycles. The Hall–Kier alpha value is -2.57. The van der Waals surface area contributed by atoms with Crippen molar-refractivity contribution in [2.75, 3.05) is 18.8 Å². The van der Waals surface area contributed by atoms with E-state index in [-0.39, 0.29) is 11.3 Å². The van der Waals surface area contributed by atoms with E-state index in [4.69, 9.17) is 17.2 Å². The number of nitrogens with two attached hydrogens (primary N) is 3. The zero-order chi connectivity index (χ0) is 14.6. The van der Waals surface area contributed by atoms with Crippen molar-refractivity contribution in [1.82, 2.24) is 4.90 Å². The van der Waals surface area contributed by atoms with Crippen molar-refractivity contribution in [2.24, 2.45) is 11.5 Å². The van der Waals surface area contributed by atoms with Crippen molar-refractivity contribution in [3.05, 3.63) is 29.3 Å². The minimum Gasteiger partial charge on any atom is -0.398 e. The summed E-state index contributed by atoms with van der Waals surface area (Å²) in [5, 5.41) is 0. The summed E-state index contributed by atoms with van der Waals surface area (Å²) in [5.41, 5.74) is 17.0. The van der Waals surface area contributed by atoms with Crippen LogP contribution in [0.3, 0.4) is 0 Å². The van der Waals surface area contributed by atoms with Crippen LogP contribution in [-0.2, 0) is 9.59 Å². The Balaban J connectivity index is 3.11. The molecule has 0 unspecified atom stereocenters. The van der Waals surface area contributed by atoms with Gasteiger partial charge in [-0.15, -0.1) is 0 Å². The molecule has 7 heteroatoms. The van der Waals surface area contributed by atoms with Gasteiger partial charge >= 0.3 is 0 Å². The second kappa shape index (κ2) is 5.85. The Labute approximate surface area is 110 Å². The number of carbonyl (C=O) groups is 3. The molecule has 0 heterocycles. The molecule has 0 fully saturated rings. The Morgan fingerprint density at radius 2 is 1.63 bits per heavy atom. The number of benzene rings is 1. The summed E-state index contributed by atoms with van der Waals surface area (Å²) >= 11 is 0. The third-order valence-corrected chi connectivity index (χ3v) is 2.50. The molecule has 0 atom stereocenters. The van der Waals surface area contributed by atoms with Crippen molar-refractivity contribution >= 4 is 23.4 Å². The number of aryl methyl sites for hydroxylation is 1. The molecule has 1 rings (SSSR count). The smallest absolute Gasteiger partial charge is 0.257 e. The number of amides is 3. The quantitative estimate of drug-likeness (QED) is 0.587. The molecule has 102 valence electrons. The molecule has 3 amide bonds. The summed E-state index contributed by atoms with van der Waals surface area (Å²) in [6.07, 6.45) is 0. The van der Waals surface area contributed by atoms with Gasteiger partial charge in [0.15, 0.2) is 0 Å². The molecular formula is C12H16N4O3. The molecule has 0 aliphatic carbocycles. The van der Waals surface area contributed by atoms with Crippen molar-refractivity contribution in [3.8, 4) is 0 Å². The third-order valence-electron chi connectivity index (χ3n) is 2.50. The third kappa shape index (κ3) is 3.70. The average Bonchev–Trinajstić information content (AvgIpc) is 2.26. The second-order valence-electron chi connectivity index (χ2n) is 4.13. The molecule has 1 aromatic carbocycles. The van der Waals surface area contributed by atoms with Crippen molar-refractivity contribution < 1.29 is 14.4 Å². The lowest BCUT2D eigenvalue weighted by Gasteiger charge is -2.21. The first-order valence-electron chi connectivity index (χ1n) is 5.54. The van der Waals surface area contributed by atoms with E-state index in [2.05, 4.69) is 0 Å². The van der Waals surface area contributed by atoms with Gasteiger partial charge in [-0.1, -0.05) is 12.1 Å². The molecule has 19 heavy (non-hydrogen) atoms. The van der Waals surface area contributed by atoms with Gasteiger partial charge in [0.1, 0.15) is 13.1 Å². The largest absolute Gasteiger partial charge is 0.398 e. The van der Waals surface area contributed by atoms with Crippen LogP contribution in [-0.4, -0.2) is 35.7 Å². The van der Waals surface area contributed by atoms with Crippen LogP contribution < -0.4 is 17.2 Å². The van der Waals surface area contributed by atoms with Crippen LogP contribution in [0.4, 0.5) is 5.69 Å². The summed E-state index contributed by atoms with van der Waals surface area (Å²) in [4.78, 5) is 35.1. The Morgan fingerprint density at radius 3 is 2.05 bits per heavy atom. The molecule has 0 spiro atoms. The van der Waals surface area contributed by atoms with Crippen LogP contribution >= 0.6 is 0 Å². The van der Waals surface area contributed by atoms with Crippen LogP contribution in [0.25, 0.3) is 0 Å². The van der Waals surface area contributed by atoms with Crippen molar-refractivity contribution in [1.29, 1.82) is 0 Å². The Morgan fingerprint density at radius 1 is 1.11 bits per heavy atom. The second-order valence-corrected chi connectivity index (χ2v) is 4.13. The van der Waals surface area contributed by atoms with Crippen LogP contribution in [0, 0.1) is 6.92 Å². The summed E-state index contributed by atoms with van der Waals surface area (Å²) < 4.78 is 0. The van der Waals surface area contributed by atoms with Gasteiger partial charge in [0.2, 0.25) is 11.8 Å². The fourth-order valence-electron chi connectivity index (χ4n) is 1.72. The highest BCUT2D eigenvalue weighted by atomic mass is 16.2. The molecule has 0 aromatic heterocycles. The number of primary amides is 2. The zero-order valence-corrected chi connectivity index (χ0v) is 10.6. The summed E-state index contributed by atoms with van der Waals surface area (Å²) in [6, 6.07) is 4.97. The monoisotopic (exact) mass is 264 g/mol.